The first kappa shape index (κ1) is 11.9. The van der Waals surface area contributed by atoms with Gasteiger partial charge in [-0.25, -0.2) is 0 Å². The van der Waals surface area contributed by atoms with Crippen molar-refractivity contribution in [2.75, 3.05) is 5.73 Å². The van der Waals surface area contributed by atoms with Crippen molar-refractivity contribution < 1.29 is 4.52 Å². The first-order chi connectivity index (χ1) is 9.15. The van der Waals surface area contributed by atoms with E-state index in [1.54, 1.807) is 0 Å². The maximum absolute atomic E-state index is 5.87. The van der Waals surface area contributed by atoms with Crippen LogP contribution in [0.15, 0.2) is 28.8 Å². The zero-order valence-corrected chi connectivity index (χ0v) is 11.4. The van der Waals surface area contributed by atoms with Crippen LogP contribution in [0.1, 0.15) is 11.3 Å². The fourth-order valence-corrected chi connectivity index (χ4v) is 2.53. The highest BCUT2D eigenvalue weighted by Crippen LogP contribution is 2.32. The van der Waals surface area contributed by atoms with Crippen LogP contribution in [-0.4, -0.2) is 14.5 Å². The normalized spacial score (nSPS) is 10.8. The molecule has 5 nitrogen and oxygen atoms in total. The number of rotatable bonds is 2. The van der Waals surface area contributed by atoms with Crippen LogP contribution in [0.2, 0.25) is 0 Å². The van der Waals surface area contributed by atoms with Crippen LogP contribution in [0, 0.1) is 13.8 Å². The summed E-state index contributed by atoms with van der Waals surface area (Å²) in [6.45, 7) is 3.90. The minimum absolute atomic E-state index is 0.417. The van der Waals surface area contributed by atoms with E-state index in [0.717, 1.165) is 22.4 Å². The highest BCUT2D eigenvalue weighted by Gasteiger charge is 2.17. The molecule has 0 bridgehead atoms. The van der Waals surface area contributed by atoms with Crippen LogP contribution in [0.3, 0.4) is 0 Å². The van der Waals surface area contributed by atoms with Crippen LogP contribution in [0.5, 0.6) is 0 Å². The SMILES string of the molecule is Cc1cccc(-c2noc(-c3c(C)nsc3N)n2)c1. The number of nitrogens with zero attached hydrogens (tertiary/aromatic N) is 3. The molecule has 0 unspecified atom stereocenters. The standard InChI is InChI=1S/C13H12N4OS/c1-7-4-3-5-9(6-7)12-15-13(18-16-12)10-8(2)17-19-11(10)14/h3-6H,14H2,1-2H3. The van der Waals surface area contributed by atoms with Crippen molar-refractivity contribution in [3.63, 3.8) is 0 Å². The summed E-state index contributed by atoms with van der Waals surface area (Å²) in [7, 11) is 0. The summed E-state index contributed by atoms with van der Waals surface area (Å²) in [5, 5.41) is 4.60. The Morgan fingerprint density at radius 3 is 2.79 bits per heavy atom. The Kier molecular flexibility index (Phi) is 2.79. The Bertz CT molecular complexity index is 712. The molecule has 19 heavy (non-hydrogen) atoms. The number of benzene rings is 1. The highest BCUT2D eigenvalue weighted by molar-refractivity contribution is 7.10. The lowest BCUT2D eigenvalue weighted by Gasteiger charge is -1.95. The number of hydrogen-bond donors (Lipinski definition) is 1. The second-order valence-electron chi connectivity index (χ2n) is 4.30. The molecule has 0 atom stereocenters. The van der Waals surface area contributed by atoms with Gasteiger partial charge in [0, 0.05) is 5.56 Å². The van der Waals surface area contributed by atoms with Crippen LogP contribution >= 0.6 is 11.5 Å². The van der Waals surface area contributed by atoms with Gasteiger partial charge in [-0.1, -0.05) is 28.9 Å². The molecule has 0 amide bonds. The summed E-state index contributed by atoms with van der Waals surface area (Å²) >= 11 is 1.23. The number of nitrogens with two attached hydrogens (primary N) is 1. The van der Waals surface area contributed by atoms with Crippen molar-refractivity contribution in [1.82, 2.24) is 14.5 Å². The first-order valence-electron chi connectivity index (χ1n) is 5.78. The molecule has 0 fully saturated rings. The summed E-state index contributed by atoms with van der Waals surface area (Å²) in [6, 6.07) is 7.95. The van der Waals surface area contributed by atoms with Gasteiger partial charge in [0.1, 0.15) is 5.00 Å². The number of aromatic nitrogens is 3. The molecule has 0 radical (unpaired) electrons. The third-order valence-electron chi connectivity index (χ3n) is 2.81. The maximum atomic E-state index is 5.87. The Labute approximate surface area is 114 Å². The lowest BCUT2D eigenvalue weighted by atomic mass is 10.1. The van der Waals surface area contributed by atoms with E-state index in [9.17, 15) is 0 Å². The topological polar surface area (TPSA) is 77.8 Å². The molecule has 3 aromatic rings. The molecule has 0 saturated carbocycles. The molecule has 0 spiro atoms. The zero-order valence-electron chi connectivity index (χ0n) is 10.5. The Morgan fingerprint density at radius 1 is 1.26 bits per heavy atom. The molecule has 3 rings (SSSR count). The number of aryl methyl sites for hydroxylation is 2. The average molecular weight is 272 g/mol. The van der Waals surface area contributed by atoms with Gasteiger partial charge in [-0.15, -0.1) is 0 Å². The maximum Gasteiger partial charge on any atom is 0.263 e. The van der Waals surface area contributed by atoms with Gasteiger partial charge in [-0.2, -0.15) is 9.36 Å². The summed E-state index contributed by atoms with van der Waals surface area (Å²) in [4.78, 5) is 4.39. The van der Waals surface area contributed by atoms with Gasteiger partial charge in [-0.3, -0.25) is 0 Å². The Morgan fingerprint density at radius 2 is 2.11 bits per heavy atom. The fraction of sp³-hybridized carbons (Fsp3) is 0.154. The van der Waals surface area contributed by atoms with Gasteiger partial charge in [0.25, 0.3) is 5.89 Å². The fourth-order valence-electron chi connectivity index (χ4n) is 1.87. The minimum Gasteiger partial charge on any atom is -0.389 e. The Hall–Kier alpha value is -2.21. The van der Waals surface area contributed by atoms with Gasteiger partial charge in [-0.05, 0) is 31.4 Å². The van der Waals surface area contributed by atoms with E-state index in [2.05, 4.69) is 14.5 Å². The van der Waals surface area contributed by atoms with Crippen LogP contribution in [0.25, 0.3) is 22.8 Å². The molecular weight excluding hydrogens is 260 g/mol. The summed E-state index contributed by atoms with van der Waals surface area (Å²) in [5.74, 6) is 0.976. The van der Waals surface area contributed by atoms with E-state index >= 15 is 0 Å². The minimum atomic E-state index is 0.417. The van der Waals surface area contributed by atoms with Gasteiger partial charge in [0.15, 0.2) is 0 Å². The summed E-state index contributed by atoms with van der Waals surface area (Å²) in [5.41, 5.74) is 9.49. The van der Waals surface area contributed by atoms with E-state index in [4.69, 9.17) is 10.3 Å². The Balaban J connectivity index is 2.05. The second kappa shape index (κ2) is 4.47. The molecular formula is C13H12N4OS. The number of nitrogen functional groups attached to an aromatic ring is 1. The van der Waals surface area contributed by atoms with E-state index in [1.165, 1.54) is 11.5 Å². The monoisotopic (exact) mass is 272 g/mol. The smallest absolute Gasteiger partial charge is 0.263 e. The second-order valence-corrected chi connectivity index (χ2v) is 5.10. The van der Waals surface area contributed by atoms with Crippen molar-refractivity contribution in [3.05, 3.63) is 35.5 Å². The van der Waals surface area contributed by atoms with Crippen LogP contribution < -0.4 is 5.73 Å². The molecule has 2 N–H and O–H groups in total. The molecule has 2 heterocycles. The highest BCUT2D eigenvalue weighted by atomic mass is 32.1. The van der Waals surface area contributed by atoms with E-state index in [0.29, 0.717) is 16.7 Å². The van der Waals surface area contributed by atoms with Crippen molar-refractivity contribution in [2.45, 2.75) is 13.8 Å². The molecule has 1 aromatic carbocycles. The van der Waals surface area contributed by atoms with E-state index in [1.807, 2.05) is 38.1 Å². The van der Waals surface area contributed by atoms with Crippen LogP contribution in [0.4, 0.5) is 5.00 Å². The summed E-state index contributed by atoms with van der Waals surface area (Å²) < 4.78 is 9.47. The van der Waals surface area contributed by atoms with Crippen molar-refractivity contribution >= 4 is 16.5 Å². The van der Waals surface area contributed by atoms with E-state index < -0.39 is 0 Å². The molecule has 0 saturated heterocycles. The van der Waals surface area contributed by atoms with Crippen LogP contribution in [-0.2, 0) is 0 Å². The first-order valence-corrected chi connectivity index (χ1v) is 6.55. The third-order valence-corrected chi connectivity index (χ3v) is 3.57. The number of hydrogen-bond acceptors (Lipinski definition) is 6. The summed E-state index contributed by atoms with van der Waals surface area (Å²) in [6.07, 6.45) is 0. The number of anilines is 1. The largest absolute Gasteiger partial charge is 0.389 e. The molecule has 2 aromatic heterocycles. The predicted molar refractivity (Wildman–Crippen MR) is 74.7 cm³/mol. The molecule has 96 valence electrons. The molecule has 6 heteroatoms. The lowest BCUT2D eigenvalue weighted by molar-refractivity contribution is 0.432. The quantitative estimate of drug-likeness (QED) is 0.775. The molecule has 0 aliphatic heterocycles. The molecule has 0 aliphatic carbocycles. The van der Waals surface area contributed by atoms with E-state index in [-0.39, 0.29) is 0 Å². The van der Waals surface area contributed by atoms with Gasteiger partial charge in [0.05, 0.1) is 11.3 Å². The average Bonchev–Trinajstić information content (AvgIpc) is 2.97. The van der Waals surface area contributed by atoms with Gasteiger partial charge >= 0.3 is 0 Å². The van der Waals surface area contributed by atoms with Crippen molar-refractivity contribution in [1.29, 1.82) is 0 Å². The third kappa shape index (κ3) is 2.10. The molecule has 0 aliphatic rings. The zero-order chi connectivity index (χ0) is 13.4. The lowest BCUT2D eigenvalue weighted by Crippen LogP contribution is -1.87. The van der Waals surface area contributed by atoms with Crippen molar-refractivity contribution in [3.8, 4) is 22.8 Å². The van der Waals surface area contributed by atoms with Gasteiger partial charge < -0.3 is 10.3 Å². The van der Waals surface area contributed by atoms with Crippen molar-refractivity contribution in [2.24, 2.45) is 0 Å². The predicted octanol–water partition coefficient (Wildman–Crippen LogP) is 3.06. The van der Waals surface area contributed by atoms with Gasteiger partial charge in [0.2, 0.25) is 5.82 Å².